The van der Waals surface area contributed by atoms with Crippen LogP contribution in [0.1, 0.15) is 30.0 Å². The predicted molar refractivity (Wildman–Crippen MR) is 75.6 cm³/mol. The van der Waals surface area contributed by atoms with E-state index in [1.54, 1.807) is 17.5 Å². The van der Waals surface area contributed by atoms with E-state index in [1.807, 2.05) is 10.7 Å². The number of nitrogens with one attached hydrogen (secondary N) is 1. The second kappa shape index (κ2) is 6.33. The highest BCUT2D eigenvalue weighted by atomic mass is 35.5. The Bertz CT molecular complexity index is 480. The first-order valence-electron chi connectivity index (χ1n) is 5.96. The van der Waals surface area contributed by atoms with Crippen LogP contribution in [-0.2, 0) is 13.0 Å². The molecule has 0 radical (unpaired) electrons. The van der Waals surface area contributed by atoms with Crippen LogP contribution in [0, 0.1) is 0 Å². The first kappa shape index (κ1) is 13.5. The molecule has 0 amide bonds. The van der Waals surface area contributed by atoms with E-state index in [-0.39, 0.29) is 6.04 Å². The molecule has 98 valence electrons. The maximum absolute atomic E-state index is 6.22. The number of nitrogens with zero attached hydrogens (tertiary/aromatic N) is 2. The molecule has 0 aliphatic heterocycles. The van der Waals surface area contributed by atoms with Gasteiger partial charge in [0.2, 0.25) is 0 Å². The van der Waals surface area contributed by atoms with Gasteiger partial charge >= 0.3 is 0 Å². The molecule has 2 aromatic heterocycles. The van der Waals surface area contributed by atoms with Crippen molar-refractivity contribution in [3.63, 3.8) is 0 Å². The minimum absolute atomic E-state index is 0.00907. The highest BCUT2D eigenvalue weighted by Gasteiger charge is 2.19. The smallest absolute Gasteiger partial charge is 0.0834 e. The van der Waals surface area contributed by atoms with E-state index in [4.69, 9.17) is 17.4 Å². The van der Waals surface area contributed by atoms with Crippen LogP contribution in [0.4, 0.5) is 0 Å². The number of hydrogen-bond acceptors (Lipinski definition) is 4. The van der Waals surface area contributed by atoms with E-state index in [0.29, 0.717) is 5.02 Å². The zero-order valence-corrected chi connectivity index (χ0v) is 11.8. The molecule has 1 atom stereocenters. The first-order valence-corrected chi connectivity index (χ1v) is 7.21. The SMILES string of the molecule is CCCn1ncc(Cl)c1C(Cc1cccs1)NN. The monoisotopic (exact) mass is 284 g/mol. The Morgan fingerprint density at radius 2 is 2.44 bits per heavy atom. The Morgan fingerprint density at radius 3 is 3.06 bits per heavy atom. The molecule has 0 aromatic carbocycles. The Hall–Kier alpha value is -0.880. The first-order chi connectivity index (χ1) is 8.76. The molecule has 3 N–H and O–H groups in total. The summed E-state index contributed by atoms with van der Waals surface area (Å²) >= 11 is 7.94. The number of halogens is 1. The highest BCUT2D eigenvalue weighted by molar-refractivity contribution is 7.09. The van der Waals surface area contributed by atoms with Gasteiger partial charge in [-0.3, -0.25) is 16.0 Å². The zero-order chi connectivity index (χ0) is 13.0. The molecule has 2 heterocycles. The van der Waals surface area contributed by atoms with Crippen molar-refractivity contribution in [3.8, 4) is 0 Å². The molecule has 6 heteroatoms. The van der Waals surface area contributed by atoms with Crippen molar-refractivity contribution in [1.29, 1.82) is 0 Å². The summed E-state index contributed by atoms with van der Waals surface area (Å²) in [5, 5.41) is 7.03. The number of thiophene rings is 1. The molecule has 1 unspecified atom stereocenters. The molecule has 2 aromatic rings. The van der Waals surface area contributed by atoms with Gasteiger partial charge in [-0.1, -0.05) is 24.6 Å². The summed E-state index contributed by atoms with van der Waals surface area (Å²) in [6, 6.07) is 4.13. The number of nitrogens with two attached hydrogens (primary N) is 1. The van der Waals surface area contributed by atoms with Crippen LogP contribution < -0.4 is 11.3 Å². The lowest BCUT2D eigenvalue weighted by Gasteiger charge is -2.17. The van der Waals surface area contributed by atoms with E-state index >= 15 is 0 Å². The van der Waals surface area contributed by atoms with Crippen molar-refractivity contribution in [3.05, 3.63) is 39.3 Å². The number of aromatic nitrogens is 2. The number of aryl methyl sites for hydroxylation is 1. The Balaban J connectivity index is 2.23. The summed E-state index contributed by atoms with van der Waals surface area (Å²) in [6.07, 6.45) is 3.52. The topological polar surface area (TPSA) is 55.9 Å². The van der Waals surface area contributed by atoms with Crippen molar-refractivity contribution >= 4 is 22.9 Å². The zero-order valence-electron chi connectivity index (χ0n) is 10.3. The molecule has 0 saturated carbocycles. The molecule has 0 aliphatic carbocycles. The predicted octanol–water partition coefficient (Wildman–Crippen LogP) is 2.76. The summed E-state index contributed by atoms with van der Waals surface area (Å²) < 4.78 is 1.93. The molecular formula is C12H17ClN4S. The van der Waals surface area contributed by atoms with Gasteiger partial charge in [-0.2, -0.15) is 5.10 Å². The van der Waals surface area contributed by atoms with Gasteiger partial charge < -0.3 is 0 Å². The van der Waals surface area contributed by atoms with Gasteiger partial charge in [-0.15, -0.1) is 11.3 Å². The Morgan fingerprint density at radius 1 is 1.61 bits per heavy atom. The Kier molecular flexibility index (Phi) is 4.77. The minimum atomic E-state index is -0.00907. The standard InChI is InChI=1S/C12H17ClN4S/c1-2-5-17-12(10(13)8-15-17)11(16-14)7-9-4-3-6-18-9/h3-4,6,8,11,16H,2,5,7,14H2,1H3. The third-order valence-corrected chi connectivity index (χ3v) is 3.98. The van der Waals surface area contributed by atoms with Crippen molar-refractivity contribution in [2.45, 2.75) is 32.4 Å². The summed E-state index contributed by atoms with van der Waals surface area (Å²) in [7, 11) is 0. The minimum Gasteiger partial charge on any atom is -0.271 e. The van der Waals surface area contributed by atoms with E-state index < -0.39 is 0 Å². The van der Waals surface area contributed by atoms with Crippen LogP contribution in [-0.4, -0.2) is 9.78 Å². The fourth-order valence-electron chi connectivity index (χ4n) is 1.97. The van der Waals surface area contributed by atoms with Crippen molar-refractivity contribution in [1.82, 2.24) is 15.2 Å². The third kappa shape index (κ3) is 2.92. The number of rotatable bonds is 6. The van der Waals surface area contributed by atoms with Crippen LogP contribution in [0.5, 0.6) is 0 Å². The quantitative estimate of drug-likeness (QED) is 0.633. The molecule has 0 fully saturated rings. The van der Waals surface area contributed by atoms with Gasteiger partial charge in [0.05, 0.1) is 23.0 Å². The maximum Gasteiger partial charge on any atom is 0.0834 e. The summed E-state index contributed by atoms with van der Waals surface area (Å²) in [4.78, 5) is 1.28. The number of hydrazine groups is 1. The lowest BCUT2D eigenvalue weighted by atomic mass is 10.1. The fourth-order valence-corrected chi connectivity index (χ4v) is 3.00. The van der Waals surface area contributed by atoms with Crippen molar-refractivity contribution < 1.29 is 0 Å². The van der Waals surface area contributed by atoms with Gasteiger partial charge in [0.15, 0.2) is 0 Å². The lowest BCUT2D eigenvalue weighted by molar-refractivity contribution is 0.480. The molecule has 0 spiro atoms. The normalized spacial score (nSPS) is 12.8. The molecule has 18 heavy (non-hydrogen) atoms. The van der Waals surface area contributed by atoms with Crippen molar-refractivity contribution in [2.24, 2.45) is 5.84 Å². The fraction of sp³-hybridized carbons (Fsp3) is 0.417. The van der Waals surface area contributed by atoms with Crippen LogP contribution in [0.25, 0.3) is 0 Å². The van der Waals surface area contributed by atoms with Crippen LogP contribution in [0.2, 0.25) is 5.02 Å². The Labute approximate surface area is 116 Å². The summed E-state index contributed by atoms with van der Waals surface area (Å²) in [5.41, 5.74) is 3.81. The third-order valence-electron chi connectivity index (χ3n) is 2.79. The van der Waals surface area contributed by atoms with E-state index in [2.05, 4.69) is 28.9 Å². The molecule has 4 nitrogen and oxygen atoms in total. The maximum atomic E-state index is 6.22. The van der Waals surface area contributed by atoms with Gasteiger partial charge in [-0.25, -0.2) is 0 Å². The van der Waals surface area contributed by atoms with E-state index in [0.717, 1.165) is 25.1 Å². The van der Waals surface area contributed by atoms with Crippen LogP contribution in [0.15, 0.2) is 23.7 Å². The van der Waals surface area contributed by atoms with Gasteiger partial charge in [0.25, 0.3) is 0 Å². The van der Waals surface area contributed by atoms with E-state index in [9.17, 15) is 0 Å². The van der Waals surface area contributed by atoms with Crippen LogP contribution in [0.3, 0.4) is 0 Å². The highest BCUT2D eigenvalue weighted by Crippen LogP contribution is 2.26. The summed E-state index contributed by atoms with van der Waals surface area (Å²) in [6.45, 7) is 2.97. The van der Waals surface area contributed by atoms with Gasteiger partial charge in [-0.05, 0) is 17.9 Å². The second-order valence-electron chi connectivity index (χ2n) is 4.10. The largest absolute Gasteiger partial charge is 0.271 e. The molecule has 0 saturated heterocycles. The number of hydrogen-bond donors (Lipinski definition) is 2. The molecule has 0 bridgehead atoms. The van der Waals surface area contributed by atoms with E-state index in [1.165, 1.54) is 4.88 Å². The van der Waals surface area contributed by atoms with Gasteiger partial charge in [0, 0.05) is 17.8 Å². The molecular weight excluding hydrogens is 268 g/mol. The van der Waals surface area contributed by atoms with Gasteiger partial charge in [0.1, 0.15) is 0 Å². The average Bonchev–Trinajstić information content (AvgIpc) is 2.98. The molecule has 0 aliphatic rings. The van der Waals surface area contributed by atoms with Crippen LogP contribution >= 0.6 is 22.9 Å². The molecule has 2 rings (SSSR count). The van der Waals surface area contributed by atoms with Crippen molar-refractivity contribution in [2.75, 3.05) is 0 Å². The lowest BCUT2D eigenvalue weighted by Crippen LogP contribution is -2.31. The summed E-state index contributed by atoms with van der Waals surface area (Å²) in [5.74, 6) is 5.67. The average molecular weight is 285 g/mol. The second-order valence-corrected chi connectivity index (χ2v) is 5.54.